The van der Waals surface area contributed by atoms with Crippen LogP contribution in [0.2, 0.25) is 0 Å². The minimum absolute atomic E-state index is 0.170. The molecule has 4 aromatic rings. The Morgan fingerprint density at radius 3 is 1.97 bits per heavy atom. The molecule has 0 unspecified atom stereocenters. The van der Waals surface area contributed by atoms with Gasteiger partial charge in [0.1, 0.15) is 11.5 Å². The average molecular weight is 473 g/mol. The van der Waals surface area contributed by atoms with E-state index in [0.717, 1.165) is 22.3 Å². The molecule has 4 aromatic carbocycles. The van der Waals surface area contributed by atoms with Crippen LogP contribution in [0.3, 0.4) is 0 Å². The number of benzene rings is 4. The summed E-state index contributed by atoms with van der Waals surface area (Å²) >= 11 is 3.49. The SMILES string of the molecule is Cc1ccc(-c2ccc(OCC(=O)Oc3ccc(-c4ccccc4)cc3Br)cc2)cc1. The number of esters is 1. The summed E-state index contributed by atoms with van der Waals surface area (Å²) in [5, 5.41) is 0. The van der Waals surface area contributed by atoms with Crippen LogP contribution in [-0.4, -0.2) is 12.6 Å². The molecule has 3 nitrogen and oxygen atoms in total. The highest BCUT2D eigenvalue weighted by molar-refractivity contribution is 9.10. The minimum atomic E-state index is -0.462. The van der Waals surface area contributed by atoms with Crippen LogP contribution in [0.1, 0.15) is 5.56 Å². The highest BCUT2D eigenvalue weighted by Crippen LogP contribution is 2.31. The third-order valence-electron chi connectivity index (χ3n) is 4.86. The molecule has 31 heavy (non-hydrogen) atoms. The highest BCUT2D eigenvalue weighted by atomic mass is 79.9. The fraction of sp³-hybridized carbons (Fsp3) is 0.0741. The van der Waals surface area contributed by atoms with Gasteiger partial charge in [0.15, 0.2) is 6.61 Å². The van der Waals surface area contributed by atoms with E-state index in [9.17, 15) is 4.79 Å². The van der Waals surface area contributed by atoms with Crippen molar-refractivity contribution in [1.29, 1.82) is 0 Å². The molecule has 0 saturated heterocycles. The molecule has 0 heterocycles. The third-order valence-corrected chi connectivity index (χ3v) is 5.48. The quantitative estimate of drug-likeness (QED) is 0.222. The van der Waals surface area contributed by atoms with E-state index in [2.05, 4.69) is 47.1 Å². The van der Waals surface area contributed by atoms with Gasteiger partial charge in [0, 0.05) is 0 Å². The summed E-state index contributed by atoms with van der Waals surface area (Å²) in [6.07, 6.45) is 0. The van der Waals surface area contributed by atoms with Crippen LogP contribution in [0.15, 0.2) is 102 Å². The first kappa shape index (κ1) is 20.9. The molecule has 0 spiro atoms. The molecule has 0 radical (unpaired) electrons. The molecular formula is C27H21BrO3. The van der Waals surface area contributed by atoms with Crippen LogP contribution >= 0.6 is 15.9 Å². The Bertz CT molecular complexity index is 1170. The molecule has 0 aliphatic heterocycles. The smallest absolute Gasteiger partial charge is 0.349 e. The molecule has 0 aromatic heterocycles. The van der Waals surface area contributed by atoms with Crippen LogP contribution in [0.5, 0.6) is 11.5 Å². The van der Waals surface area contributed by atoms with Gasteiger partial charge in [0.25, 0.3) is 0 Å². The molecule has 154 valence electrons. The molecule has 0 N–H and O–H groups in total. The highest BCUT2D eigenvalue weighted by Gasteiger charge is 2.11. The molecule has 0 bridgehead atoms. The maximum atomic E-state index is 12.2. The Morgan fingerprint density at radius 1 is 0.742 bits per heavy atom. The molecular weight excluding hydrogens is 452 g/mol. The van der Waals surface area contributed by atoms with Crippen molar-refractivity contribution in [3.8, 4) is 33.8 Å². The standard InChI is InChI=1S/C27H21BrO3/c1-19-7-9-21(10-8-19)22-11-14-24(15-12-22)30-18-27(29)31-26-16-13-23(17-25(26)28)20-5-3-2-4-6-20/h2-17H,18H2,1H3. The maximum Gasteiger partial charge on any atom is 0.349 e. The van der Waals surface area contributed by atoms with E-state index in [-0.39, 0.29) is 6.61 Å². The van der Waals surface area contributed by atoms with Crippen LogP contribution in [0.25, 0.3) is 22.3 Å². The lowest BCUT2D eigenvalue weighted by atomic mass is 10.0. The van der Waals surface area contributed by atoms with Crippen molar-refractivity contribution in [3.05, 3.63) is 107 Å². The second-order valence-corrected chi connectivity index (χ2v) is 8.02. The van der Waals surface area contributed by atoms with Crippen LogP contribution < -0.4 is 9.47 Å². The normalized spacial score (nSPS) is 10.5. The first-order valence-corrected chi connectivity index (χ1v) is 10.7. The molecule has 4 heteroatoms. The Balaban J connectivity index is 1.34. The van der Waals surface area contributed by atoms with Gasteiger partial charge >= 0.3 is 5.97 Å². The Labute approximate surface area is 190 Å². The zero-order valence-corrected chi connectivity index (χ0v) is 18.6. The van der Waals surface area contributed by atoms with E-state index in [1.54, 1.807) is 6.07 Å². The fourth-order valence-corrected chi connectivity index (χ4v) is 3.64. The average Bonchev–Trinajstić information content (AvgIpc) is 2.80. The topological polar surface area (TPSA) is 35.5 Å². The van der Waals surface area contributed by atoms with Gasteiger partial charge in [-0.15, -0.1) is 0 Å². The molecule has 0 aliphatic rings. The van der Waals surface area contributed by atoms with E-state index in [1.165, 1.54) is 5.56 Å². The van der Waals surface area contributed by atoms with Crippen LogP contribution in [0.4, 0.5) is 0 Å². The van der Waals surface area contributed by atoms with Gasteiger partial charge in [-0.25, -0.2) is 4.79 Å². The zero-order valence-electron chi connectivity index (χ0n) is 17.0. The number of carbonyl (C=O) groups is 1. The van der Waals surface area contributed by atoms with Crippen molar-refractivity contribution in [2.45, 2.75) is 6.92 Å². The number of hydrogen-bond donors (Lipinski definition) is 0. The van der Waals surface area contributed by atoms with Crippen LogP contribution in [0, 0.1) is 6.92 Å². The van der Waals surface area contributed by atoms with E-state index in [1.807, 2.05) is 66.7 Å². The Hall–Kier alpha value is -3.37. The third kappa shape index (κ3) is 5.41. The molecule has 4 rings (SSSR count). The number of hydrogen-bond acceptors (Lipinski definition) is 3. The van der Waals surface area contributed by atoms with Gasteiger partial charge in [-0.05, 0) is 69.4 Å². The summed E-state index contributed by atoms with van der Waals surface area (Å²) in [5.74, 6) is 0.616. The summed E-state index contributed by atoms with van der Waals surface area (Å²) in [4.78, 5) is 12.2. The lowest BCUT2D eigenvalue weighted by molar-refractivity contribution is -0.136. The van der Waals surface area contributed by atoms with E-state index >= 15 is 0 Å². The summed E-state index contributed by atoms with van der Waals surface area (Å²) in [6, 6.07) is 31.7. The summed E-state index contributed by atoms with van der Waals surface area (Å²) in [5.41, 5.74) is 5.59. The minimum Gasteiger partial charge on any atom is -0.482 e. The summed E-state index contributed by atoms with van der Waals surface area (Å²) in [6.45, 7) is 1.90. The maximum absolute atomic E-state index is 12.2. The molecule has 0 aliphatic carbocycles. The fourth-order valence-electron chi connectivity index (χ4n) is 3.18. The molecule has 0 fully saturated rings. The first-order chi connectivity index (χ1) is 15.1. The first-order valence-electron chi connectivity index (χ1n) is 9.94. The lowest BCUT2D eigenvalue weighted by Gasteiger charge is -2.10. The number of halogens is 1. The van der Waals surface area contributed by atoms with Gasteiger partial charge in [0.2, 0.25) is 0 Å². The molecule has 0 atom stereocenters. The second kappa shape index (κ2) is 9.63. The van der Waals surface area contributed by atoms with Gasteiger partial charge in [-0.2, -0.15) is 0 Å². The second-order valence-electron chi connectivity index (χ2n) is 7.16. The Kier molecular flexibility index (Phi) is 6.48. The van der Waals surface area contributed by atoms with E-state index in [4.69, 9.17) is 9.47 Å². The number of rotatable bonds is 6. The summed E-state index contributed by atoms with van der Waals surface area (Å²) in [7, 11) is 0. The predicted octanol–water partition coefficient (Wildman–Crippen LogP) is 7.08. The van der Waals surface area contributed by atoms with Crippen molar-refractivity contribution in [2.24, 2.45) is 0 Å². The van der Waals surface area contributed by atoms with E-state index < -0.39 is 5.97 Å². The molecule has 0 amide bonds. The van der Waals surface area contributed by atoms with Crippen molar-refractivity contribution in [1.82, 2.24) is 0 Å². The van der Waals surface area contributed by atoms with Gasteiger partial charge in [-0.3, -0.25) is 0 Å². The number of aryl methyl sites for hydroxylation is 1. The van der Waals surface area contributed by atoms with Gasteiger partial charge < -0.3 is 9.47 Å². The van der Waals surface area contributed by atoms with Gasteiger partial charge in [0.05, 0.1) is 4.47 Å². The van der Waals surface area contributed by atoms with Gasteiger partial charge in [-0.1, -0.05) is 78.4 Å². The zero-order chi connectivity index (χ0) is 21.6. The van der Waals surface area contributed by atoms with Crippen molar-refractivity contribution in [2.75, 3.05) is 6.61 Å². The number of carbonyl (C=O) groups excluding carboxylic acids is 1. The monoisotopic (exact) mass is 472 g/mol. The molecule has 0 saturated carbocycles. The summed E-state index contributed by atoms with van der Waals surface area (Å²) < 4.78 is 11.8. The van der Waals surface area contributed by atoms with E-state index in [0.29, 0.717) is 16.0 Å². The Morgan fingerprint density at radius 2 is 1.32 bits per heavy atom. The van der Waals surface area contributed by atoms with Crippen molar-refractivity contribution >= 4 is 21.9 Å². The van der Waals surface area contributed by atoms with Crippen molar-refractivity contribution in [3.63, 3.8) is 0 Å². The van der Waals surface area contributed by atoms with Crippen molar-refractivity contribution < 1.29 is 14.3 Å². The van der Waals surface area contributed by atoms with Crippen LogP contribution in [-0.2, 0) is 4.79 Å². The lowest BCUT2D eigenvalue weighted by Crippen LogP contribution is -2.17. The number of ether oxygens (including phenoxy) is 2. The predicted molar refractivity (Wildman–Crippen MR) is 127 cm³/mol. The largest absolute Gasteiger partial charge is 0.482 e.